The summed E-state index contributed by atoms with van der Waals surface area (Å²) in [5, 5.41) is 6.50. The van der Waals surface area contributed by atoms with Gasteiger partial charge >= 0.3 is 0 Å². The molecule has 1 aromatic rings. The zero-order chi connectivity index (χ0) is 12.4. The van der Waals surface area contributed by atoms with Gasteiger partial charge in [-0.1, -0.05) is 13.8 Å². The molecule has 4 heteroatoms. The quantitative estimate of drug-likeness (QED) is 0.839. The van der Waals surface area contributed by atoms with Gasteiger partial charge in [-0.3, -0.25) is 14.9 Å². The van der Waals surface area contributed by atoms with Crippen LogP contribution in [0.3, 0.4) is 0 Å². The number of nitrogens with one attached hydrogen (secondary N) is 1. The number of amides is 2. The highest BCUT2D eigenvalue weighted by atomic mass is 32.1. The monoisotopic (exact) mass is 251 g/mol. The highest BCUT2D eigenvalue weighted by Crippen LogP contribution is 2.36. The van der Waals surface area contributed by atoms with Gasteiger partial charge < -0.3 is 0 Å². The number of hydrogen-bond donors (Lipinski definition) is 1. The highest BCUT2D eigenvalue weighted by molar-refractivity contribution is 7.08. The third kappa shape index (κ3) is 2.75. The summed E-state index contributed by atoms with van der Waals surface area (Å²) in [6, 6.07) is 2.02. The van der Waals surface area contributed by atoms with E-state index in [9.17, 15) is 9.59 Å². The van der Waals surface area contributed by atoms with Crippen molar-refractivity contribution < 1.29 is 9.59 Å². The van der Waals surface area contributed by atoms with Gasteiger partial charge in [0.15, 0.2) is 0 Å². The van der Waals surface area contributed by atoms with E-state index < -0.39 is 0 Å². The smallest absolute Gasteiger partial charge is 0.230 e. The Balaban J connectivity index is 2.24. The summed E-state index contributed by atoms with van der Waals surface area (Å²) in [5.41, 5.74) is 1.13. The number of hydrogen-bond acceptors (Lipinski definition) is 3. The minimum absolute atomic E-state index is 0.0601. The second-order valence-electron chi connectivity index (χ2n) is 5.02. The van der Waals surface area contributed by atoms with Gasteiger partial charge in [0.25, 0.3) is 0 Å². The Bertz CT molecular complexity index is 411. The fourth-order valence-corrected chi connectivity index (χ4v) is 3.15. The molecule has 92 valence electrons. The van der Waals surface area contributed by atoms with Crippen molar-refractivity contribution in [2.45, 2.75) is 32.6 Å². The normalized spacial score (nSPS) is 25.1. The zero-order valence-corrected chi connectivity index (χ0v) is 10.9. The minimum atomic E-state index is -0.147. The molecular formula is C13H17NO2S. The Morgan fingerprint density at radius 3 is 2.82 bits per heavy atom. The lowest BCUT2D eigenvalue weighted by atomic mass is 9.77. The van der Waals surface area contributed by atoms with E-state index in [1.54, 1.807) is 11.3 Å². The number of carbonyl (C=O) groups excluding carboxylic acids is 2. The van der Waals surface area contributed by atoms with E-state index in [4.69, 9.17) is 0 Å². The lowest BCUT2D eigenvalue weighted by molar-refractivity contribution is -0.137. The summed E-state index contributed by atoms with van der Waals surface area (Å²) in [6.45, 7) is 4.21. The Morgan fingerprint density at radius 1 is 1.47 bits per heavy atom. The number of thiophene rings is 1. The predicted octanol–water partition coefficient (Wildman–Crippen LogP) is 2.54. The molecule has 0 saturated carbocycles. The van der Waals surface area contributed by atoms with Crippen molar-refractivity contribution in [2.24, 2.45) is 11.8 Å². The fraction of sp³-hybridized carbons (Fsp3) is 0.538. The molecule has 0 bridgehead atoms. The van der Waals surface area contributed by atoms with Crippen LogP contribution < -0.4 is 5.32 Å². The van der Waals surface area contributed by atoms with Gasteiger partial charge in [-0.05, 0) is 34.7 Å². The molecule has 2 rings (SSSR count). The van der Waals surface area contributed by atoms with E-state index >= 15 is 0 Å². The molecule has 2 heterocycles. The average molecular weight is 251 g/mol. The Kier molecular flexibility index (Phi) is 3.62. The molecule has 2 unspecified atom stereocenters. The van der Waals surface area contributed by atoms with E-state index in [-0.39, 0.29) is 23.7 Å². The van der Waals surface area contributed by atoms with Gasteiger partial charge in [-0.25, -0.2) is 0 Å². The Morgan fingerprint density at radius 2 is 2.24 bits per heavy atom. The number of rotatable bonds is 3. The van der Waals surface area contributed by atoms with E-state index in [2.05, 4.69) is 19.2 Å². The van der Waals surface area contributed by atoms with Crippen LogP contribution in [0.4, 0.5) is 0 Å². The van der Waals surface area contributed by atoms with Crippen LogP contribution in [-0.2, 0) is 9.59 Å². The molecule has 0 aliphatic carbocycles. The first-order valence-electron chi connectivity index (χ1n) is 5.93. The van der Waals surface area contributed by atoms with E-state index in [1.165, 1.54) is 0 Å². The second kappa shape index (κ2) is 5.00. The molecule has 1 fully saturated rings. The first-order valence-corrected chi connectivity index (χ1v) is 6.88. The van der Waals surface area contributed by atoms with Crippen LogP contribution in [0.1, 0.15) is 38.2 Å². The molecule has 0 aromatic carbocycles. The highest BCUT2D eigenvalue weighted by Gasteiger charge is 2.36. The molecule has 1 saturated heterocycles. The molecule has 1 aliphatic heterocycles. The van der Waals surface area contributed by atoms with Crippen LogP contribution in [0.5, 0.6) is 0 Å². The minimum Gasteiger partial charge on any atom is -0.296 e. The van der Waals surface area contributed by atoms with E-state index in [0.717, 1.165) is 12.0 Å². The van der Waals surface area contributed by atoms with Crippen LogP contribution in [0, 0.1) is 11.8 Å². The lowest BCUT2D eigenvalue weighted by Gasteiger charge is -2.30. The molecule has 0 radical (unpaired) electrons. The van der Waals surface area contributed by atoms with Gasteiger partial charge in [-0.15, -0.1) is 0 Å². The number of piperidine rings is 1. The summed E-state index contributed by atoms with van der Waals surface area (Å²) in [7, 11) is 0. The van der Waals surface area contributed by atoms with Gasteiger partial charge in [0, 0.05) is 18.3 Å². The summed E-state index contributed by atoms with van der Waals surface area (Å²) >= 11 is 1.61. The summed E-state index contributed by atoms with van der Waals surface area (Å²) < 4.78 is 0. The predicted molar refractivity (Wildman–Crippen MR) is 67.8 cm³/mol. The third-order valence-corrected chi connectivity index (χ3v) is 3.89. The molecule has 2 amide bonds. The Hall–Kier alpha value is -1.16. The van der Waals surface area contributed by atoms with Crippen molar-refractivity contribution >= 4 is 23.2 Å². The molecule has 1 aromatic heterocycles. The molecule has 1 N–H and O–H groups in total. The first-order chi connectivity index (χ1) is 8.08. The SMILES string of the molecule is CC(C)CC1C(=O)NC(=O)CC1c1ccsc1. The molecule has 2 atom stereocenters. The zero-order valence-electron chi connectivity index (χ0n) is 10.1. The summed E-state index contributed by atoms with van der Waals surface area (Å²) in [5.74, 6) is 0.199. The average Bonchev–Trinajstić information content (AvgIpc) is 2.74. The van der Waals surface area contributed by atoms with Crippen molar-refractivity contribution in [3.05, 3.63) is 22.4 Å². The number of imide groups is 1. The van der Waals surface area contributed by atoms with Crippen molar-refractivity contribution in [3.8, 4) is 0 Å². The Labute approximate surface area is 105 Å². The second-order valence-corrected chi connectivity index (χ2v) is 5.80. The van der Waals surface area contributed by atoms with Crippen molar-refractivity contribution in [2.75, 3.05) is 0 Å². The number of carbonyl (C=O) groups is 2. The van der Waals surface area contributed by atoms with Crippen molar-refractivity contribution in [1.82, 2.24) is 5.32 Å². The fourth-order valence-electron chi connectivity index (χ4n) is 2.42. The third-order valence-electron chi connectivity index (χ3n) is 3.19. The molecule has 17 heavy (non-hydrogen) atoms. The standard InChI is InChI=1S/C13H17NO2S/c1-8(2)5-11-10(9-3-4-17-7-9)6-12(15)14-13(11)16/h3-4,7-8,10-11H,5-6H2,1-2H3,(H,14,15,16). The molecular weight excluding hydrogens is 234 g/mol. The van der Waals surface area contributed by atoms with Gasteiger partial charge in [0.1, 0.15) is 0 Å². The van der Waals surface area contributed by atoms with E-state index in [0.29, 0.717) is 12.3 Å². The topological polar surface area (TPSA) is 46.2 Å². The van der Waals surface area contributed by atoms with Crippen LogP contribution in [0.2, 0.25) is 0 Å². The molecule has 0 spiro atoms. The van der Waals surface area contributed by atoms with Gasteiger partial charge in [0.05, 0.1) is 0 Å². The van der Waals surface area contributed by atoms with Crippen LogP contribution in [0.25, 0.3) is 0 Å². The lowest BCUT2D eigenvalue weighted by Crippen LogP contribution is -2.45. The maximum atomic E-state index is 11.9. The van der Waals surface area contributed by atoms with E-state index in [1.807, 2.05) is 16.8 Å². The van der Waals surface area contributed by atoms with Crippen LogP contribution >= 0.6 is 11.3 Å². The largest absolute Gasteiger partial charge is 0.296 e. The summed E-state index contributed by atoms with van der Waals surface area (Å²) in [4.78, 5) is 23.4. The molecule has 1 aliphatic rings. The summed E-state index contributed by atoms with van der Waals surface area (Å²) in [6.07, 6.45) is 1.26. The van der Waals surface area contributed by atoms with Gasteiger partial charge in [-0.2, -0.15) is 11.3 Å². The van der Waals surface area contributed by atoms with Crippen LogP contribution in [-0.4, -0.2) is 11.8 Å². The first kappa shape index (κ1) is 12.3. The van der Waals surface area contributed by atoms with Crippen molar-refractivity contribution in [3.63, 3.8) is 0 Å². The molecule has 3 nitrogen and oxygen atoms in total. The van der Waals surface area contributed by atoms with Crippen LogP contribution in [0.15, 0.2) is 16.8 Å². The van der Waals surface area contributed by atoms with Crippen molar-refractivity contribution in [1.29, 1.82) is 0 Å². The van der Waals surface area contributed by atoms with Gasteiger partial charge in [0.2, 0.25) is 11.8 Å². The maximum absolute atomic E-state index is 11.9. The maximum Gasteiger partial charge on any atom is 0.230 e.